The van der Waals surface area contributed by atoms with Crippen LogP contribution in [0.3, 0.4) is 0 Å². The van der Waals surface area contributed by atoms with E-state index in [-0.39, 0.29) is 5.75 Å². The lowest BCUT2D eigenvalue weighted by molar-refractivity contribution is -0.138. The minimum absolute atomic E-state index is 0.221. The zero-order chi connectivity index (χ0) is 15.5. The van der Waals surface area contributed by atoms with Gasteiger partial charge in [-0.2, -0.15) is 13.2 Å². The molecule has 6 heteroatoms. The second-order valence-corrected chi connectivity index (χ2v) is 5.34. The monoisotopic (exact) mass is 359 g/mol. The van der Waals surface area contributed by atoms with Crippen LogP contribution >= 0.6 is 15.9 Å². The molecule has 2 N–H and O–H groups in total. The third-order valence-corrected chi connectivity index (χ3v) is 3.30. The van der Waals surface area contributed by atoms with E-state index in [1.807, 2.05) is 0 Å². The van der Waals surface area contributed by atoms with Crippen LogP contribution in [0.2, 0.25) is 0 Å². The summed E-state index contributed by atoms with van der Waals surface area (Å²) in [4.78, 5) is 0. The molecule has 112 valence electrons. The van der Waals surface area contributed by atoms with Gasteiger partial charge in [0, 0.05) is 4.47 Å². The summed E-state index contributed by atoms with van der Waals surface area (Å²) in [5.41, 5.74) is 5.12. The van der Waals surface area contributed by atoms with E-state index in [0.29, 0.717) is 24.3 Å². The molecule has 0 fully saturated rings. The van der Waals surface area contributed by atoms with Crippen molar-refractivity contribution in [3.63, 3.8) is 0 Å². The van der Waals surface area contributed by atoms with Gasteiger partial charge in [0.1, 0.15) is 11.5 Å². The first-order valence-electron chi connectivity index (χ1n) is 6.24. The first-order chi connectivity index (χ1) is 9.90. The van der Waals surface area contributed by atoms with Crippen molar-refractivity contribution in [1.29, 1.82) is 0 Å². The molecule has 0 amide bonds. The molecule has 0 aromatic heterocycles. The van der Waals surface area contributed by atoms with Crippen LogP contribution in [0.1, 0.15) is 11.1 Å². The van der Waals surface area contributed by atoms with Crippen molar-refractivity contribution in [2.75, 3.05) is 6.54 Å². The molecule has 0 bridgehead atoms. The molecule has 0 aliphatic carbocycles. The molecule has 0 heterocycles. The van der Waals surface area contributed by atoms with E-state index in [9.17, 15) is 13.2 Å². The normalized spacial score (nSPS) is 11.5. The topological polar surface area (TPSA) is 35.2 Å². The molecule has 0 unspecified atom stereocenters. The van der Waals surface area contributed by atoms with E-state index >= 15 is 0 Å². The average molecular weight is 360 g/mol. The highest BCUT2D eigenvalue weighted by Crippen LogP contribution is 2.39. The van der Waals surface area contributed by atoms with Crippen molar-refractivity contribution in [2.24, 2.45) is 5.73 Å². The molecule has 2 nitrogen and oxygen atoms in total. The number of alkyl halides is 3. The van der Waals surface area contributed by atoms with Crippen LogP contribution in [-0.4, -0.2) is 6.54 Å². The number of hydrogen-bond donors (Lipinski definition) is 1. The number of hydrogen-bond acceptors (Lipinski definition) is 2. The van der Waals surface area contributed by atoms with Crippen molar-refractivity contribution in [1.82, 2.24) is 0 Å². The number of nitrogens with two attached hydrogens (primary N) is 1. The highest BCUT2D eigenvalue weighted by Gasteiger charge is 2.34. The summed E-state index contributed by atoms with van der Waals surface area (Å²) in [5, 5.41) is 0. The molecule has 0 atom stereocenters. The summed E-state index contributed by atoms with van der Waals surface area (Å²) < 4.78 is 45.5. The van der Waals surface area contributed by atoms with E-state index in [2.05, 4.69) is 15.9 Å². The second-order valence-electron chi connectivity index (χ2n) is 4.43. The summed E-state index contributed by atoms with van der Waals surface area (Å²) in [6.45, 7) is 0.295. The van der Waals surface area contributed by atoms with Crippen LogP contribution in [0.15, 0.2) is 46.9 Å². The van der Waals surface area contributed by atoms with E-state index in [1.54, 1.807) is 30.3 Å². The van der Waals surface area contributed by atoms with E-state index in [1.165, 1.54) is 6.07 Å². The number of halogens is 4. The zero-order valence-corrected chi connectivity index (χ0v) is 12.5. The lowest BCUT2D eigenvalue weighted by Gasteiger charge is -2.15. The Hall–Kier alpha value is -1.53. The number of rotatable bonds is 4. The molecule has 0 saturated carbocycles. The van der Waals surface area contributed by atoms with Gasteiger partial charge in [-0.1, -0.05) is 28.1 Å². The van der Waals surface area contributed by atoms with Crippen molar-refractivity contribution in [2.45, 2.75) is 12.6 Å². The Labute approximate surface area is 128 Å². The van der Waals surface area contributed by atoms with Crippen molar-refractivity contribution in [3.05, 3.63) is 58.1 Å². The summed E-state index contributed by atoms with van der Waals surface area (Å²) in [6.07, 6.45) is -4.09. The Morgan fingerprint density at radius 3 is 2.48 bits per heavy atom. The molecular weight excluding hydrogens is 347 g/mol. The molecule has 0 aliphatic heterocycles. The molecular formula is C15H13BrF3NO. The maximum atomic E-state index is 13.1. The van der Waals surface area contributed by atoms with Gasteiger partial charge in [0.05, 0.1) is 5.56 Å². The molecule has 0 radical (unpaired) electrons. The fourth-order valence-corrected chi connectivity index (χ4v) is 2.25. The number of benzene rings is 2. The van der Waals surface area contributed by atoms with E-state index in [4.69, 9.17) is 10.5 Å². The van der Waals surface area contributed by atoms with Gasteiger partial charge in [0.2, 0.25) is 0 Å². The molecule has 2 aromatic carbocycles. The summed E-state index contributed by atoms with van der Waals surface area (Å²) >= 11 is 3.25. The van der Waals surface area contributed by atoms with Crippen molar-refractivity contribution < 1.29 is 17.9 Å². The highest BCUT2D eigenvalue weighted by molar-refractivity contribution is 9.10. The van der Waals surface area contributed by atoms with Gasteiger partial charge in [-0.3, -0.25) is 0 Å². The number of ether oxygens (including phenoxy) is 1. The quantitative estimate of drug-likeness (QED) is 0.853. The van der Waals surface area contributed by atoms with Crippen LogP contribution in [0.25, 0.3) is 0 Å². The van der Waals surface area contributed by atoms with Gasteiger partial charge in [-0.05, 0) is 48.9 Å². The maximum Gasteiger partial charge on any atom is 0.419 e. The van der Waals surface area contributed by atoms with Crippen molar-refractivity contribution in [3.8, 4) is 11.5 Å². The Morgan fingerprint density at radius 1 is 1.10 bits per heavy atom. The SMILES string of the molecule is NCCc1ccc(Oc2cccc(Br)c2)c(C(F)(F)F)c1. The average Bonchev–Trinajstić information content (AvgIpc) is 2.39. The molecule has 0 aliphatic rings. The van der Waals surface area contributed by atoms with Crippen LogP contribution in [0.4, 0.5) is 13.2 Å². The minimum atomic E-state index is -4.48. The maximum absolute atomic E-state index is 13.1. The fourth-order valence-electron chi connectivity index (χ4n) is 1.87. The van der Waals surface area contributed by atoms with Crippen LogP contribution in [-0.2, 0) is 12.6 Å². The molecule has 2 aromatic rings. The van der Waals surface area contributed by atoms with Crippen molar-refractivity contribution >= 4 is 15.9 Å². The third kappa shape index (κ3) is 4.22. The van der Waals surface area contributed by atoms with Gasteiger partial charge < -0.3 is 10.5 Å². The van der Waals surface area contributed by atoms with Crippen LogP contribution in [0, 0.1) is 0 Å². The van der Waals surface area contributed by atoms with Crippen LogP contribution in [0.5, 0.6) is 11.5 Å². The lowest BCUT2D eigenvalue weighted by atomic mass is 10.1. The second kappa shape index (κ2) is 6.49. The van der Waals surface area contributed by atoms with E-state index < -0.39 is 11.7 Å². The first-order valence-corrected chi connectivity index (χ1v) is 7.03. The Morgan fingerprint density at radius 2 is 1.86 bits per heavy atom. The largest absolute Gasteiger partial charge is 0.457 e. The predicted molar refractivity (Wildman–Crippen MR) is 78.4 cm³/mol. The predicted octanol–water partition coefficient (Wildman–Crippen LogP) is 4.76. The van der Waals surface area contributed by atoms with Gasteiger partial charge in [-0.15, -0.1) is 0 Å². The fraction of sp³-hybridized carbons (Fsp3) is 0.200. The first kappa shape index (κ1) is 15.9. The summed E-state index contributed by atoms with van der Waals surface area (Å²) in [6, 6.07) is 10.7. The van der Waals surface area contributed by atoms with Gasteiger partial charge in [-0.25, -0.2) is 0 Å². The summed E-state index contributed by atoms with van der Waals surface area (Å²) in [7, 11) is 0. The lowest BCUT2D eigenvalue weighted by Crippen LogP contribution is -2.09. The Balaban J connectivity index is 2.38. The highest BCUT2D eigenvalue weighted by atomic mass is 79.9. The summed E-state index contributed by atoms with van der Waals surface area (Å²) in [5.74, 6) is 0.114. The Kier molecular flexibility index (Phi) is 4.90. The van der Waals surface area contributed by atoms with E-state index in [0.717, 1.165) is 10.5 Å². The standard InChI is InChI=1S/C15H13BrF3NO/c16-11-2-1-3-12(9-11)21-14-5-4-10(6-7-20)8-13(14)15(17,18)19/h1-5,8-9H,6-7,20H2. The minimum Gasteiger partial charge on any atom is -0.457 e. The molecule has 0 spiro atoms. The molecule has 21 heavy (non-hydrogen) atoms. The molecule has 0 saturated heterocycles. The molecule has 2 rings (SSSR count). The van der Waals surface area contributed by atoms with Gasteiger partial charge >= 0.3 is 6.18 Å². The zero-order valence-electron chi connectivity index (χ0n) is 11.0. The van der Waals surface area contributed by atoms with Gasteiger partial charge in [0.15, 0.2) is 0 Å². The van der Waals surface area contributed by atoms with Gasteiger partial charge in [0.25, 0.3) is 0 Å². The van der Waals surface area contributed by atoms with Crippen LogP contribution < -0.4 is 10.5 Å². The smallest absolute Gasteiger partial charge is 0.419 e. The Bertz CT molecular complexity index is 629. The third-order valence-electron chi connectivity index (χ3n) is 2.81.